The molecule has 0 unspecified atom stereocenters. The summed E-state index contributed by atoms with van der Waals surface area (Å²) in [6.07, 6.45) is 2.72. The van der Waals surface area contributed by atoms with Gasteiger partial charge in [-0.2, -0.15) is 0 Å². The molecule has 0 heterocycles. The summed E-state index contributed by atoms with van der Waals surface area (Å²) < 4.78 is 11.3. The zero-order valence-electron chi connectivity index (χ0n) is 17.5. The van der Waals surface area contributed by atoms with Gasteiger partial charge in [-0.3, -0.25) is 20.2 Å². The van der Waals surface area contributed by atoms with Gasteiger partial charge in [0.15, 0.2) is 5.11 Å². The van der Waals surface area contributed by atoms with Gasteiger partial charge in [0.1, 0.15) is 24.7 Å². The van der Waals surface area contributed by atoms with E-state index in [9.17, 15) is 14.9 Å². The van der Waals surface area contributed by atoms with Gasteiger partial charge in [0, 0.05) is 30.0 Å². The van der Waals surface area contributed by atoms with Gasteiger partial charge in [-0.15, -0.1) is 0 Å². The molecule has 0 aromatic heterocycles. The van der Waals surface area contributed by atoms with Gasteiger partial charge in [-0.05, 0) is 48.1 Å². The number of rotatable bonds is 9. The summed E-state index contributed by atoms with van der Waals surface area (Å²) in [5.41, 5.74) is 1.12. The average molecular weight is 464 g/mol. The molecular weight excluding hydrogens is 442 g/mol. The molecule has 9 heteroatoms. The molecule has 168 valence electrons. The van der Waals surface area contributed by atoms with E-state index in [1.165, 1.54) is 24.3 Å². The van der Waals surface area contributed by atoms with Crippen LogP contribution in [0.3, 0.4) is 0 Å². The summed E-state index contributed by atoms with van der Waals surface area (Å²) >= 11 is 5.17. The zero-order valence-corrected chi connectivity index (χ0v) is 18.3. The Kier molecular flexibility index (Phi) is 8.49. The first kappa shape index (κ1) is 23.4. The van der Waals surface area contributed by atoms with Gasteiger partial charge in [0.2, 0.25) is 5.91 Å². The Morgan fingerprint density at radius 2 is 1.64 bits per heavy atom. The third-order valence-electron chi connectivity index (χ3n) is 4.20. The van der Waals surface area contributed by atoms with Crippen molar-refractivity contribution in [1.82, 2.24) is 5.32 Å². The molecule has 3 aromatic rings. The largest absolute Gasteiger partial charge is 0.490 e. The number of non-ortho nitro benzene ring substituents is 1. The van der Waals surface area contributed by atoms with Crippen LogP contribution >= 0.6 is 12.2 Å². The molecule has 0 aliphatic heterocycles. The summed E-state index contributed by atoms with van der Waals surface area (Å²) in [5, 5.41) is 16.4. The Balaban J connectivity index is 1.45. The molecular formula is C24H21N3O5S. The Morgan fingerprint density at radius 1 is 0.939 bits per heavy atom. The van der Waals surface area contributed by atoms with Crippen molar-refractivity contribution in [3.63, 3.8) is 0 Å². The first-order chi connectivity index (χ1) is 16.0. The van der Waals surface area contributed by atoms with E-state index in [2.05, 4.69) is 10.6 Å². The first-order valence-electron chi connectivity index (χ1n) is 9.95. The summed E-state index contributed by atoms with van der Waals surface area (Å²) in [6.45, 7) is 0.759. The lowest BCUT2D eigenvalue weighted by Gasteiger charge is -2.11. The summed E-state index contributed by atoms with van der Waals surface area (Å²) in [6, 6.07) is 22.5. The van der Waals surface area contributed by atoms with Crippen LogP contribution < -0.4 is 20.1 Å². The maximum atomic E-state index is 12.1. The second-order valence-corrected chi connectivity index (χ2v) is 7.07. The molecule has 0 atom stereocenters. The maximum absolute atomic E-state index is 12.1. The van der Waals surface area contributed by atoms with E-state index in [1.807, 2.05) is 30.3 Å². The molecule has 3 rings (SSSR count). The van der Waals surface area contributed by atoms with Crippen molar-refractivity contribution in [2.24, 2.45) is 0 Å². The first-order valence-corrected chi connectivity index (χ1v) is 10.4. The number of hydrogen-bond donors (Lipinski definition) is 2. The zero-order chi connectivity index (χ0) is 23.5. The van der Waals surface area contributed by atoms with E-state index in [0.717, 1.165) is 5.75 Å². The van der Waals surface area contributed by atoms with Crippen LogP contribution in [-0.2, 0) is 4.79 Å². The number of ether oxygens (including phenoxy) is 2. The molecule has 8 nitrogen and oxygen atoms in total. The highest BCUT2D eigenvalue weighted by Gasteiger charge is 2.06. The van der Waals surface area contributed by atoms with Crippen LogP contribution in [-0.4, -0.2) is 29.2 Å². The number of nitro benzene ring substituents is 1. The number of nitrogens with one attached hydrogen (secondary N) is 2. The van der Waals surface area contributed by atoms with E-state index < -0.39 is 10.8 Å². The van der Waals surface area contributed by atoms with Crippen molar-refractivity contribution >= 4 is 40.7 Å². The number of benzene rings is 3. The Hall–Kier alpha value is -4.24. The Labute approximate surface area is 196 Å². The minimum absolute atomic E-state index is 0.0523. The highest BCUT2D eigenvalue weighted by molar-refractivity contribution is 7.80. The van der Waals surface area contributed by atoms with Crippen LogP contribution in [0.4, 0.5) is 11.4 Å². The lowest BCUT2D eigenvalue weighted by molar-refractivity contribution is -0.384. The van der Waals surface area contributed by atoms with Crippen LogP contribution in [0.25, 0.3) is 6.08 Å². The fraction of sp³-hybridized carbons (Fsp3) is 0.0833. The lowest BCUT2D eigenvalue weighted by Crippen LogP contribution is -2.32. The molecule has 3 aromatic carbocycles. The molecule has 0 bridgehead atoms. The van der Waals surface area contributed by atoms with E-state index in [0.29, 0.717) is 30.2 Å². The van der Waals surface area contributed by atoms with Crippen LogP contribution in [0.15, 0.2) is 84.9 Å². The van der Waals surface area contributed by atoms with E-state index in [1.54, 1.807) is 36.4 Å². The van der Waals surface area contributed by atoms with Gasteiger partial charge < -0.3 is 14.8 Å². The molecule has 1 amide bonds. The fourth-order valence-corrected chi connectivity index (χ4v) is 2.95. The highest BCUT2D eigenvalue weighted by atomic mass is 32.1. The highest BCUT2D eigenvalue weighted by Crippen LogP contribution is 2.18. The second kappa shape index (κ2) is 12.0. The number of hydrogen-bond acceptors (Lipinski definition) is 6. The monoisotopic (exact) mass is 463 g/mol. The van der Waals surface area contributed by atoms with Crippen molar-refractivity contribution in [3.05, 3.63) is 101 Å². The van der Waals surface area contributed by atoms with Gasteiger partial charge in [0.05, 0.1) is 4.92 Å². The number of thiocarbonyl (C=S) groups is 1. The molecule has 0 aliphatic carbocycles. The van der Waals surface area contributed by atoms with Gasteiger partial charge in [-0.1, -0.05) is 36.4 Å². The van der Waals surface area contributed by atoms with E-state index in [4.69, 9.17) is 21.7 Å². The number of nitrogens with zero attached hydrogens (tertiary/aromatic N) is 1. The van der Waals surface area contributed by atoms with E-state index in [-0.39, 0.29) is 10.8 Å². The molecule has 0 radical (unpaired) electrons. The molecule has 0 spiro atoms. The minimum Gasteiger partial charge on any atom is -0.490 e. The van der Waals surface area contributed by atoms with Crippen LogP contribution in [0, 0.1) is 10.1 Å². The van der Waals surface area contributed by atoms with Gasteiger partial charge in [0.25, 0.3) is 5.69 Å². The Morgan fingerprint density at radius 3 is 2.39 bits per heavy atom. The Bertz CT molecular complexity index is 1150. The standard InChI is InChI=1S/C24H21N3O5S/c28-23(13-12-18-6-4-8-20(16-18)27(29)30)26-24(33)25-19-7-5-11-22(17-19)32-15-14-31-21-9-2-1-3-10-21/h1-13,16-17H,14-15H2,(H2,25,26,28,33)/b13-12+. The quantitative estimate of drug-likeness (QED) is 0.157. The smallest absolute Gasteiger partial charge is 0.270 e. The molecule has 0 fully saturated rings. The number of para-hydroxylation sites is 1. The predicted octanol–water partition coefficient (Wildman–Crippen LogP) is 4.58. The van der Waals surface area contributed by atoms with Crippen molar-refractivity contribution in [1.29, 1.82) is 0 Å². The number of anilines is 1. The van der Waals surface area contributed by atoms with Crippen LogP contribution in [0.2, 0.25) is 0 Å². The van der Waals surface area contributed by atoms with Gasteiger partial charge >= 0.3 is 0 Å². The third-order valence-corrected chi connectivity index (χ3v) is 4.40. The van der Waals surface area contributed by atoms with Crippen molar-refractivity contribution in [2.75, 3.05) is 18.5 Å². The average Bonchev–Trinajstić information content (AvgIpc) is 2.81. The minimum atomic E-state index is -0.495. The summed E-state index contributed by atoms with van der Waals surface area (Å²) in [7, 11) is 0. The molecule has 0 saturated heterocycles. The number of carbonyl (C=O) groups excluding carboxylic acids is 1. The lowest BCUT2D eigenvalue weighted by atomic mass is 10.2. The molecule has 0 saturated carbocycles. The molecule has 0 aliphatic rings. The normalized spacial score (nSPS) is 10.4. The predicted molar refractivity (Wildman–Crippen MR) is 130 cm³/mol. The SMILES string of the molecule is O=C(/C=C/c1cccc([N+](=O)[O-])c1)NC(=S)Nc1cccc(OCCOc2ccccc2)c1. The molecule has 33 heavy (non-hydrogen) atoms. The van der Waals surface area contributed by atoms with Crippen LogP contribution in [0.1, 0.15) is 5.56 Å². The number of nitro groups is 1. The van der Waals surface area contributed by atoms with Crippen LogP contribution in [0.5, 0.6) is 11.5 Å². The topological polar surface area (TPSA) is 103 Å². The summed E-state index contributed by atoms with van der Waals surface area (Å²) in [5.74, 6) is 0.929. The van der Waals surface area contributed by atoms with E-state index >= 15 is 0 Å². The summed E-state index contributed by atoms with van der Waals surface area (Å²) in [4.78, 5) is 22.4. The van der Waals surface area contributed by atoms with Crippen molar-refractivity contribution < 1.29 is 19.2 Å². The van der Waals surface area contributed by atoms with Gasteiger partial charge in [-0.25, -0.2) is 0 Å². The molecule has 2 N–H and O–H groups in total. The number of amides is 1. The fourth-order valence-electron chi connectivity index (χ4n) is 2.73. The maximum Gasteiger partial charge on any atom is 0.270 e. The second-order valence-electron chi connectivity index (χ2n) is 6.67. The van der Waals surface area contributed by atoms with Crippen molar-refractivity contribution in [3.8, 4) is 11.5 Å². The third kappa shape index (κ3) is 8.08. The van der Waals surface area contributed by atoms with Crippen molar-refractivity contribution in [2.45, 2.75) is 0 Å². The number of carbonyl (C=O) groups is 1.